The second kappa shape index (κ2) is 9.62. The highest BCUT2D eigenvalue weighted by molar-refractivity contribution is 5.92. The molecule has 2 heterocycles. The van der Waals surface area contributed by atoms with Gasteiger partial charge in [-0.1, -0.05) is 74.5 Å². The van der Waals surface area contributed by atoms with Crippen LogP contribution in [-0.4, -0.2) is 69.3 Å². The number of benzene rings is 2. The number of amides is 3. The lowest BCUT2D eigenvalue weighted by molar-refractivity contribution is -0.264. The molecular weight excluding hydrogens is 422 g/mol. The molecule has 0 radical (unpaired) electrons. The van der Waals surface area contributed by atoms with Gasteiger partial charge < -0.3 is 14.9 Å². The minimum atomic E-state index is -1.28. The molecule has 0 spiro atoms. The molecule has 2 fully saturated rings. The molecule has 4 rings (SSSR count). The SMILES string of the molecule is CC(C)CN1CC2N(C(=O)O)O[C@H](Cc3ccccc3)C(=O)N2[C@@H](Cc2ccccc2)C1=O. The highest BCUT2D eigenvalue weighted by Crippen LogP contribution is 2.30. The van der Waals surface area contributed by atoms with Crippen LogP contribution in [0.3, 0.4) is 0 Å². The van der Waals surface area contributed by atoms with Crippen molar-refractivity contribution in [1.82, 2.24) is 14.9 Å². The number of hydrogen-bond donors (Lipinski definition) is 1. The smallest absolute Gasteiger partial charge is 0.433 e. The molecule has 33 heavy (non-hydrogen) atoms. The number of nitrogens with zero attached hydrogens (tertiary/aromatic N) is 3. The van der Waals surface area contributed by atoms with Crippen LogP contribution in [0.5, 0.6) is 0 Å². The second-order valence-corrected chi connectivity index (χ2v) is 8.96. The number of carbonyl (C=O) groups excluding carboxylic acids is 2. The average Bonchev–Trinajstić information content (AvgIpc) is 2.79. The van der Waals surface area contributed by atoms with Gasteiger partial charge in [0.15, 0.2) is 12.3 Å². The fraction of sp³-hybridized carbons (Fsp3) is 0.400. The quantitative estimate of drug-likeness (QED) is 0.729. The topological polar surface area (TPSA) is 90.4 Å². The van der Waals surface area contributed by atoms with Crippen LogP contribution in [-0.2, 0) is 27.3 Å². The van der Waals surface area contributed by atoms with E-state index in [9.17, 15) is 19.5 Å². The van der Waals surface area contributed by atoms with Gasteiger partial charge in [-0.15, -0.1) is 0 Å². The highest BCUT2D eigenvalue weighted by Gasteiger charge is 2.53. The molecule has 1 N–H and O–H groups in total. The van der Waals surface area contributed by atoms with Gasteiger partial charge in [-0.3, -0.25) is 14.4 Å². The monoisotopic (exact) mass is 451 g/mol. The van der Waals surface area contributed by atoms with Gasteiger partial charge in [-0.2, -0.15) is 5.06 Å². The first-order chi connectivity index (χ1) is 15.8. The Labute approximate surface area is 193 Å². The lowest BCUT2D eigenvalue weighted by Gasteiger charge is -2.52. The molecule has 8 nitrogen and oxygen atoms in total. The Hall–Kier alpha value is -3.39. The number of fused-ring (bicyclic) bond motifs is 1. The zero-order valence-electron chi connectivity index (χ0n) is 18.8. The third-order valence-corrected chi connectivity index (χ3v) is 5.99. The maximum atomic E-state index is 13.6. The minimum absolute atomic E-state index is 0.0817. The van der Waals surface area contributed by atoms with Gasteiger partial charge in [0.2, 0.25) is 5.91 Å². The van der Waals surface area contributed by atoms with Gasteiger partial charge in [0.05, 0.1) is 6.54 Å². The van der Waals surface area contributed by atoms with Crippen molar-refractivity contribution in [2.75, 3.05) is 13.1 Å². The largest absolute Gasteiger partial charge is 0.463 e. The molecule has 0 aromatic heterocycles. The third-order valence-electron chi connectivity index (χ3n) is 5.99. The summed E-state index contributed by atoms with van der Waals surface area (Å²) in [6.07, 6.45) is -2.68. The molecule has 1 unspecified atom stereocenters. The maximum Gasteiger partial charge on any atom is 0.433 e. The Morgan fingerprint density at radius 3 is 2.09 bits per heavy atom. The number of rotatable bonds is 6. The van der Waals surface area contributed by atoms with Crippen molar-refractivity contribution >= 4 is 17.9 Å². The number of hydroxylamine groups is 2. The fourth-order valence-corrected chi connectivity index (χ4v) is 4.57. The van der Waals surface area contributed by atoms with Crippen molar-refractivity contribution in [3.05, 3.63) is 71.8 Å². The van der Waals surface area contributed by atoms with Crippen LogP contribution in [0.2, 0.25) is 0 Å². The van der Waals surface area contributed by atoms with Crippen molar-refractivity contribution in [3.63, 3.8) is 0 Å². The minimum Gasteiger partial charge on any atom is -0.463 e. The molecular formula is C25H29N3O5. The maximum absolute atomic E-state index is 13.6. The van der Waals surface area contributed by atoms with Crippen LogP contribution in [0, 0.1) is 5.92 Å². The van der Waals surface area contributed by atoms with E-state index in [1.807, 2.05) is 74.5 Å². The highest BCUT2D eigenvalue weighted by atomic mass is 16.7. The van der Waals surface area contributed by atoms with Crippen LogP contribution in [0.25, 0.3) is 0 Å². The van der Waals surface area contributed by atoms with Crippen LogP contribution >= 0.6 is 0 Å². The van der Waals surface area contributed by atoms with Crippen LogP contribution < -0.4 is 0 Å². The Morgan fingerprint density at radius 2 is 1.55 bits per heavy atom. The van der Waals surface area contributed by atoms with Crippen molar-refractivity contribution in [2.45, 2.75) is 45.0 Å². The predicted octanol–water partition coefficient (Wildman–Crippen LogP) is 2.79. The van der Waals surface area contributed by atoms with E-state index in [0.29, 0.717) is 13.0 Å². The summed E-state index contributed by atoms with van der Waals surface area (Å²) >= 11 is 0. The molecule has 2 aromatic carbocycles. The Bertz CT molecular complexity index is 998. The molecule has 3 amide bonds. The predicted molar refractivity (Wildman–Crippen MR) is 121 cm³/mol. The molecule has 2 aliphatic heterocycles. The summed E-state index contributed by atoms with van der Waals surface area (Å²) in [4.78, 5) is 48.1. The Morgan fingerprint density at radius 1 is 0.970 bits per heavy atom. The van der Waals surface area contributed by atoms with E-state index in [1.54, 1.807) is 4.90 Å². The summed E-state index contributed by atoms with van der Waals surface area (Å²) in [6, 6.07) is 18.0. The summed E-state index contributed by atoms with van der Waals surface area (Å²) in [6.45, 7) is 4.56. The standard InChI is InChI=1S/C25H29N3O5/c1-17(2)15-26-16-22-27(20(23(26)29)13-18-9-5-3-6-10-18)24(30)21(33-28(22)25(31)32)14-19-11-7-4-8-12-19/h3-12,17,20-22H,13-16H2,1-2H3,(H,31,32)/t20-,21+,22?/m0/s1. The molecule has 0 saturated carbocycles. The van der Waals surface area contributed by atoms with E-state index in [-0.39, 0.29) is 30.7 Å². The zero-order valence-corrected chi connectivity index (χ0v) is 18.8. The molecule has 2 aliphatic rings. The molecule has 2 saturated heterocycles. The number of hydrogen-bond acceptors (Lipinski definition) is 4. The molecule has 3 atom stereocenters. The summed E-state index contributed by atoms with van der Waals surface area (Å²) < 4.78 is 0. The zero-order chi connectivity index (χ0) is 23.5. The van der Waals surface area contributed by atoms with Crippen LogP contribution in [0.1, 0.15) is 25.0 Å². The van der Waals surface area contributed by atoms with E-state index in [4.69, 9.17) is 4.84 Å². The van der Waals surface area contributed by atoms with Crippen molar-refractivity contribution in [2.24, 2.45) is 5.92 Å². The number of carbonyl (C=O) groups is 3. The third kappa shape index (κ3) is 4.85. The van der Waals surface area contributed by atoms with E-state index in [0.717, 1.165) is 16.2 Å². The van der Waals surface area contributed by atoms with Gasteiger partial charge >= 0.3 is 6.09 Å². The van der Waals surface area contributed by atoms with Gasteiger partial charge in [0.1, 0.15) is 6.04 Å². The molecule has 0 aliphatic carbocycles. The first-order valence-corrected chi connectivity index (χ1v) is 11.2. The second-order valence-electron chi connectivity index (χ2n) is 8.96. The van der Waals surface area contributed by atoms with Crippen molar-refractivity contribution < 1.29 is 24.3 Å². The first kappa shape index (κ1) is 22.8. The van der Waals surface area contributed by atoms with Gasteiger partial charge in [-0.25, -0.2) is 4.79 Å². The summed E-state index contributed by atoms with van der Waals surface area (Å²) in [5, 5.41) is 10.8. The van der Waals surface area contributed by atoms with E-state index < -0.39 is 24.4 Å². The van der Waals surface area contributed by atoms with E-state index in [2.05, 4.69) is 0 Å². The average molecular weight is 452 g/mol. The summed E-state index contributed by atoms with van der Waals surface area (Å²) in [5.41, 5.74) is 1.76. The fourth-order valence-electron chi connectivity index (χ4n) is 4.57. The van der Waals surface area contributed by atoms with Crippen molar-refractivity contribution in [3.8, 4) is 0 Å². The summed E-state index contributed by atoms with van der Waals surface area (Å²) in [5.74, 6) is -0.329. The Balaban J connectivity index is 1.70. The lowest BCUT2D eigenvalue weighted by atomic mass is 9.96. The van der Waals surface area contributed by atoms with Crippen LogP contribution in [0.4, 0.5) is 4.79 Å². The van der Waals surface area contributed by atoms with Gasteiger partial charge in [0.25, 0.3) is 5.91 Å². The lowest BCUT2D eigenvalue weighted by Crippen LogP contribution is -2.74. The molecule has 174 valence electrons. The van der Waals surface area contributed by atoms with Crippen LogP contribution in [0.15, 0.2) is 60.7 Å². The normalized spacial score (nSPS) is 23.1. The molecule has 0 bridgehead atoms. The molecule has 2 aromatic rings. The molecule has 8 heteroatoms. The van der Waals surface area contributed by atoms with Gasteiger partial charge in [0, 0.05) is 19.4 Å². The Kier molecular flexibility index (Phi) is 6.65. The van der Waals surface area contributed by atoms with Gasteiger partial charge in [-0.05, 0) is 17.0 Å². The van der Waals surface area contributed by atoms with Crippen molar-refractivity contribution in [1.29, 1.82) is 0 Å². The van der Waals surface area contributed by atoms with E-state index in [1.165, 1.54) is 4.90 Å². The number of carboxylic acid groups (broad SMARTS) is 1. The number of piperazine rings is 1. The van der Waals surface area contributed by atoms with E-state index >= 15 is 0 Å². The summed E-state index contributed by atoms with van der Waals surface area (Å²) in [7, 11) is 0. The first-order valence-electron chi connectivity index (χ1n) is 11.2.